The van der Waals surface area contributed by atoms with Gasteiger partial charge >= 0.3 is 0 Å². The fourth-order valence-corrected chi connectivity index (χ4v) is 4.53. The lowest BCUT2D eigenvalue weighted by Crippen LogP contribution is -1.97. The first-order chi connectivity index (χ1) is 16.6. The maximum atomic E-state index is 11.9. The highest BCUT2D eigenvalue weighted by molar-refractivity contribution is 6.15. The van der Waals surface area contributed by atoms with Gasteiger partial charge in [-0.15, -0.1) is 0 Å². The van der Waals surface area contributed by atoms with E-state index in [4.69, 9.17) is 14.1 Å². The molecule has 0 radical (unpaired) electrons. The minimum atomic E-state index is -0.310. The monoisotopic (exact) mass is 459 g/mol. The number of fused-ring (bicyclic) bond motifs is 4. The Kier molecular flexibility index (Phi) is 6.01. The molecule has 0 aliphatic heterocycles. The van der Waals surface area contributed by atoms with Crippen LogP contribution in [-0.4, -0.2) is 26.5 Å². The summed E-state index contributed by atoms with van der Waals surface area (Å²) in [5.74, 6) is 0.701. The fourth-order valence-electron chi connectivity index (χ4n) is 4.53. The van der Waals surface area contributed by atoms with Crippen LogP contribution in [0, 0.1) is 0 Å². The van der Waals surface area contributed by atoms with E-state index >= 15 is 0 Å². The van der Waals surface area contributed by atoms with Crippen molar-refractivity contribution in [2.75, 3.05) is 6.61 Å². The number of aryl methyl sites for hydroxylation is 1. The highest BCUT2D eigenvalue weighted by Crippen LogP contribution is 2.41. The smallest absolute Gasteiger partial charge is 0.186 e. The van der Waals surface area contributed by atoms with Crippen LogP contribution in [0.5, 0.6) is 11.5 Å². The van der Waals surface area contributed by atoms with Crippen LogP contribution in [-0.2, 0) is 7.05 Å². The molecule has 0 aliphatic carbocycles. The van der Waals surface area contributed by atoms with Crippen molar-refractivity contribution in [2.24, 2.45) is 7.05 Å². The van der Waals surface area contributed by atoms with Gasteiger partial charge in [0.15, 0.2) is 16.7 Å². The minimum absolute atomic E-state index is 0.129. The molecule has 0 atom stereocenters. The summed E-state index contributed by atoms with van der Waals surface area (Å²) in [5, 5.41) is 15.0. The fraction of sp³-hybridized carbons (Fsp3) is 0.333. The number of nitrogens with zero attached hydrogens (tertiary/aromatic N) is 2. The predicted molar refractivity (Wildman–Crippen MR) is 135 cm³/mol. The second-order valence-electron chi connectivity index (χ2n) is 8.79. The lowest BCUT2D eigenvalue weighted by atomic mass is 10.0. The van der Waals surface area contributed by atoms with Crippen LogP contribution in [0.3, 0.4) is 0 Å². The summed E-state index contributed by atoms with van der Waals surface area (Å²) in [6, 6.07) is 10.5. The molecule has 34 heavy (non-hydrogen) atoms. The Hall–Kier alpha value is -3.74. The molecule has 0 saturated carbocycles. The van der Waals surface area contributed by atoms with Crippen LogP contribution in [0.25, 0.3) is 44.2 Å². The van der Waals surface area contributed by atoms with Crippen LogP contribution < -0.4 is 10.2 Å². The Balaban J connectivity index is 1.49. The second-order valence-corrected chi connectivity index (χ2v) is 8.79. The van der Waals surface area contributed by atoms with Crippen LogP contribution in [0.1, 0.15) is 45.4 Å². The Morgan fingerprint density at radius 2 is 1.85 bits per heavy atom. The van der Waals surface area contributed by atoms with Gasteiger partial charge in [-0.1, -0.05) is 51.2 Å². The van der Waals surface area contributed by atoms with Gasteiger partial charge in [0.2, 0.25) is 0 Å². The number of hydrogen-bond donors (Lipinski definition) is 2. The van der Waals surface area contributed by atoms with Crippen molar-refractivity contribution in [3.8, 4) is 22.6 Å². The van der Waals surface area contributed by atoms with Crippen molar-refractivity contribution >= 4 is 33.1 Å². The van der Waals surface area contributed by atoms with E-state index in [2.05, 4.69) is 12.0 Å². The normalized spacial score (nSPS) is 11.7. The van der Waals surface area contributed by atoms with Gasteiger partial charge in [-0.3, -0.25) is 9.48 Å². The molecule has 0 unspecified atom stereocenters. The molecule has 7 nitrogen and oxygen atoms in total. The van der Waals surface area contributed by atoms with E-state index in [-0.39, 0.29) is 11.2 Å². The largest absolute Gasteiger partial charge is 0.507 e. The summed E-state index contributed by atoms with van der Waals surface area (Å²) in [5.41, 5.74) is 3.58. The minimum Gasteiger partial charge on any atom is -0.507 e. The van der Waals surface area contributed by atoms with E-state index < -0.39 is 0 Å². The number of nitrogens with one attached hydrogen (secondary N) is 1. The number of aromatic nitrogens is 3. The average Bonchev–Trinajstić information content (AvgIpc) is 3.37. The van der Waals surface area contributed by atoms with Crippen molar-refractivity contribution in [3.63, 3.8) is 0 Å². The number of ether oxygens (including phenoxy) is 1. The topological polar surface area (TPSA) is 93.3 Å². The van der Waals surface area contributed by atoms with Crippen LogP contribution in [0.2, 0.25) is 0 Å². The lowest BCUT2D eigenvalue weighted by Gasteiger charge is -2.09. The quantitative estimate of drug-likeness (QED) is 0.253. The number of phenols is 1. The van der Waals surface area contributed by atoms with E-state index in [1.54, 1.807) is 0 Å². The highest BCUT2D eigenvalue weighted by Gasteiger charge is 2.21. The summed E-state index contributed by atoms with van der Waals surface area (Å²) < 4.78 is 13.8. The molecular weight excluding hydrogens is 430 g/mol. The summed E-state index contributed by atoms with van der Waals surface area (Å²) >= 11 is 0. The van der Waals surface area contributed by atoms with Gasteiger partial charge in [0.1, 0.15) is 22.6 Å². The standard InChI is InChI=1S/C27H29N3O4/c1-3-4-5-6-7-8-13-33-19-11-9-17(10-12-19)23-20-16-28-30(2)27(20)29-25-24-21(32)14-18(31)15-22(24)34-26(23)25/h9-12,14-16,28,32H,3-8,13H2,1-2H3. The van der Waals surface area contributed by atoms with Crippen molar-refractivity contribution in [3.05, 3.63) is 52.8 Å². The van der Waals surface area contributed by atoms with E-state index in [0.29, 0.717) is 28.7 Å². The van der Waals surface area contributed by atoms with Crippen molar-refractivity contribution in [2.45, 2.75) is 45.4 Å². The molecule has 0 fully saturated rings. The number of furan rings is 1. The van der Waals surface area contributed by atoms with E-state index in [1.807, 2.05) is 42.2 Å². The molecule has 0 saturated heterocycles. The summed E-state index contributed by atoms with van der Waals surface area (Å²) in [4.78, 5) is 16.7. The van der Waals surface area contributed by atoms with Gasteiger partial charge in [0.25, 0.3) is 0 Å². The third-order valence-electron chi connectivity index (χ3n) is 6.30. The Morgan fingerprint density at radius 1 is 1.09 bits per heavy atom. The second kappa shape index (κ2) is 9.25. The van der Waals surface area contributed by atoms with Gasteiger partial charge in [-0.25, -0.2) is 4.98 Å². The van der Waals surface area contributed by atoms with E-state index in [1.165, 1.54) is 44.2 Å². The van der Waals surface area contributed by atoms with Gasteiger partial charge in [0.05, 0.1) is 12.0 Å². The summed E-state index contributed by atoms with van der Waals surface area (Å²) in [6.07, 6.45) is 9.26. The predicted octanol–water partition coefficient (Wildman–Crippen LogP) is 6.27. The first kappa shape index (κ1) is 22.1. The van der Waals surface area contributed by atoms with Gasteiger partial charge in [-0.05, 0) is 24.1 Å². The zero-order valence-corrected chi connectivity index (χ0v) is 19.6. The molecular formula is C27H29N3O4. The van der Waals surface area contributed by atoms with Crippen LogP contribution in [0.15, 0.2) is 51.8 Å². The molecule has 0 amide bonds. The first-order valence-electron chi connectivity index (χ1n) is 11.9. The number of H-pyrrole nitrogens is 1. The zero-order valence-electron chi connectivity index (χ0n) is 19.6. The number of unbranched alkanes of at least 4 members (excludes halogenated alkanes) is 5. The number of aromatic hydroxyl groups is 1. The maximum Gasteiger partial charge on any atom is 0.186 e. The van der Waals surface area contributed by atoms with Crippen molar-refractivity contribution < 1.29 is 14.3 Å². The zero-order chi connectivity index (χ0) is 23.7. The van der Waals surface area contributed by atoms with E-state index in [0.717, 1.165) is 34.3 Å². The average molecular weight is 460 g/mol. The van der Waals surface area contributed by atoms with Crippen molar-refractivity contribution in [1.82, 2.24) is 14.8 Å². The number of hydrogen-bond acceptors (Lipinski definition) is 5. The van der Waals surface area contributed by atoms with Gasteiger partial charge < -0.3 is 19.4 Å². The molecule has 0 aliphatic rings. The molecule has 5 aromatic rings. The van der Waals surface area contributed by atoms with Crippen LogP contribution in [0.4, 0.5) is 0 Å². The molecule has 2 N–H and O–H groups in total. The van der Waals surface area contributed by atoms with Crippen molar-refractivity contribution in [1.29, 1.82) is 0 Å². The Labute approximate surface area is 197 Å². The molecule has 3 heterocycles. The SMILES string of the molecule is CCCCCCCCOc1ccc(-c2c3c[nH]n(C)c3nc3c2oc2cc(=O)cc(O)c23)cc1. The molecule has 2 aromatic carbocycles. The summed E-state index contributed by atoms with van der Waals surface area (Å²) in [6.45, 7) is 2.94. The number of aromatic amines is 1. The Bertz CT molecular complexity index is 1510. The van der Waals surface area contributed by atoms with Gasteiger partial charge in [-0.2, -0.15) is 0 Å². The van der Waals surface area contributed by atoms with Crippen LogP contribution >= 0.6 is 0 Å². The summed E-state index contributed by atoms with van der Waals surface area (Å²) in [7, 11) is 1.88. The highest BCUT2D eigenvalue weighted by atomic mass is 16.5. The first-order valence-corrected chi connectivity index (χ1v) is 11.9. The maximum absolute atomic E-state index is 11.9. The number of rotatable bonds is 9. The Morgan fingerprint density at radius 3 is 2.65 bits per heavy atom. The van der Waals surface area contributed by atoms with Gasteiger partial charge in [0, 0.05) is 36.3 Å². The molecule has 0 spiro atoms. The lowest BCUT2D eigenvalue weighted by molar-refractivity contribution is 0.304. The number of benzene rings is 2. The van der Waals surface area contributed by atoms with E-state index in [9.17, 15) is 9.90 Å². The third-order valence-corrected chi connectivity index (χ3v) is 6.30. The molecule has 176 valence electrons. The molecule has 7 heteroatoms. The molecule has 5 rings (SSSR count). The number of pyridine rings is 1. The number of phenolic OH excluding ortho intramolecular Hbond substituents is 1. The molecule has 3 aromatic heterocycles. The molecule has 0 bridgehead atoms. The third kappa shape index (κ3) is 4.02.